The van der Waals surface area contributed by atoms with E-state index in [1.54, 1.807) is 0 Å². The highest BCUT2D eigenvalue weighted by Gasteiger charge is 2.15. The molecule has 0 amide bonds. The normalized spacial score (nSPS) is 16.7. The number of nitrogens with zero attached hydrogens (tertiary/aromatic N) is 2. The first-order valence-electron chi connectivity index (χ1n) is 6.37. The van der Waals surface area contributed by atoms with Crippen LogP contribution in [0.2, 0.25) is 0 Å². The topological polar surface area (TPSA) is 72.3 Å². The summed E-state index contributed by atoms with van der Waals surface area (Å²) < 4.78 is 5.60. The Morgan fingerprint density at radius 3 is 2.89 bits per heavy atom. The maximum atomic E-state index is 11.0. The molecule has 0 bridgehead atoms. The number of carbonyl (C=O) groups is 1. The molecule has 1 saturated carbocycles. The summed E-state index contributed by atoms with van der Waals surface area (Å²) in [6.07, 6.45) is 8.99. The van der Waals surface area contributed by atoms with Crippen LogP contribution < -0.4 is 0 Å². The van der Waals surface area contributed by atoms with E-state index in [-0.39, 0.29) is 12.2 Å². The zero-order valence-electron chi connectivity index (χ0n) is 10.3. The molecule has 18 heavy (non-hydrogen) atoms. The SMILES string of the molecule is O=C(O)c1cncnc1COCC1CCCCC1. The first-order chi connectivity index (χ1) is 8.77. The molecule has 5 heteroatoms. The Balaban J connectivity index is 1.84. The van der Waals surface area contributed by atoms with Crippen molar-refractivity contribution < 1.29 is 14.6 Å². The molecule has 5 nitrogen and oxygen atoms in total. The highest BCUT2D eigenvalue weighted by atomic mass is 16.5. The Morgan fingerprint density at radius 1 is 1.39 bits per heavy atom. The van der Waals surface area contributed by atoms with E-state index in [4.69, 9.17) is 9.84 Å². The Bertz CT molecular complexity index is 403. The predicted octanol–water partition coefficient (Wildman–Crippen LogP) is 2.27. The molecule has 98 valence electrons. The minimum atomic E-state index is -1.01. The van der Waals surface area contributed by atoms with Crippen LogP contribution in [0.25, 0.3) is 0 Å². The molecule has 1 aliphatic rings. The summed E-state index contributed by atoms with van der Waals surface area (Å²) in [4.78, 5) is 18.6. The van der Waals surface area contributed by atoms with Crippen LogP contribution in [0, 0.1) is 5.92 Å². The second kappa shape index (κ2) is 6.44. The Labute approximate surface area is 106 Å². The number of aromatic nitrogens is 2. The van der Waals surface area contributed by atoms with Crippen LogP contribution in [0.4, 0.5) is 0 Å². The standard InChI is InChI=1S/C13H18N2O3/c16-13(17)11-6-14-9-15-12(11)8-18-7-10-4-2-1-3-5-10/h6,9-10H,1-5,7-8H2,(H,16,17). The number of ether oxygens (including phenoxy) is 1. The smallest absolute Gasteiger partial charge is 0.339 e. The molecular weight excluding hydrogens is 232 g/mol. The lowest BCUT2D eigenvalue weighted by atomic mass is 9.90. The summed E-state index contributed by atoms with van der Waals surface area (Å²) >= 11 is 0. The van der Waals surface area contributed by atoms with Crippen molar-refractivity contribution in [3.63, 3.8) is 0 Å². The lowest BCUT2D eigenvalue weighted by molar-refractivity contribution is 0.0641. The van der Waals surface area contributed by atoms with E-state index in [1.807, 2.05) is 0 Å². The molecule has 0 radical (unpaired) electrons. The van der Waals surface area contributed by atoms with Gasteiger partial charge in [0.25, 0.3) is 0 Å². The van der Waals surface area contributed by atoms with Gasteiger partial charge in [0.05, 0.1) is 12.3 Å². The van der Waals surface area contributed by atoms with Crippen LogP contribution in [0.15, 0.2) is 12.5 Å². The third kappa shape index (κ3) is 3.50. The Kier molecular flexibility index (Phi) is 4.64. The number of rotatable bonds is 5. The molecule has 0 atom stereocenters. The summed E-state index contributed by atoms with van der Waals surface area (Å²) in [5.41, 5.74) is 0.578. The van der Waals surface area contributed by atoms with Crippen molar-refractivity contribution in [2.45, 2.75) is 38.7 Å². The molecule has 0 saturated heterocycles. The monoisotopic (exact) mass is 250 g/mol. The van der Waals surface area contributed by atoms with E-state index < -0.39 is 5.97 Å². The molecule has 1 N–H and O–H groups in total. The largest absolute Gasteiger partial charge is 0.478 e. The zero-order chi connectivity index (χ0) is 12.8. The van der Waals surface area contributed by atoms with Crippen molar-refractivity contribution in [3.8, 4) is 0 Å². The van der Waals surface area contributed by atoms with Crippen molar-refractivity contribution in [1.82, 2.24) is 9.97 Å². The third-order valence-corrected chi connectivity index (χ3v) is 3.34. The van der Waals surface area contributed by atoms with Gasteiger partial charge in [0.1, 0.15) is 11.9 Å². The molecule has 1 fully saturated rings. The summed E-state index contributed by atoms with van der Waals surface area (Å²) in [5, 5.41) is 8.98. The van der Waals surface area contributed by atoms with Crippen molar-refractivity contribution in [1.29, 1.82) is 0 Å². The predicted molar refractivity (Wildman–Crippen MR) is 65.2 cm³/mol. The van der Waals surface area contributed by atoms with Crippen molar-refractivity contribution in [3.05, 3.63) is 23.8 Å². The van der Waals surface area contributed by atoms with E-state index >= 15 is 0 Å². The maximum absolute atomic E-state index is 11.0. The average Bonchev–Trinajstić information content (AvgIpc) is 2.40. The maximum Gasteiger partial charge on any atom is 0.339 e. The van der Waals surface area contributed by atoms with Gasteiger partial charge >= 0.3 is 5.97 Å². The molecule has 1 aromatic rings. The van der Waals surface area contributed by atoms with Gasteiger partial charge in [0.2, 0.25) is 0 Å². The van der Waals surface area contributed by atoms with Gasteiger partial charge < -0.3 is 9.84 Å². The summed E-state index contributed by atoms with van der Waals surface area (Å²) in [7, 11) is 0. The number of hydrogen-bond acceptors (Lipinski definition) is 4. The van der Waals surface area contributed by atoms with Gasteiger partial charge in [-0.3, -0.25) is 0 Å². The minimum Gasteiger partial charge on any atom is -0.478 e. The molecule has 1 aromatic heterocycles. The number of carboxylic acid groups (broad SMARTS) is 1. The van der Waals surface area contributed by atoms with Crippen molar-refractivity contribution in [2.75, 3.05) is 6.61 Å². The zero-order valence-corrected chi connectivity index (χ0v) is 10.3. The first-order valence-corrected chi connectivity index (χ1v) is 6.37. The van der Waals surface area contributed by atoms with Crippen molar-refractivity contribution >= 4 is 5.97 Å². The summed E-state index contributed by atoms with van der Waals surface area (Å²) in [6, 6.07) is 0. The molecular formula is C13H18N2O3. The van der Waals surface area contributed by atoms with E-state index in [0.717, 1.165) is 0 Å². The first kappa shape index (κ1) is 13.0. The van der Waals surface area contributed by atoms with Crippen LogP contribution in [0.5, 0.6) is 0 Å². The van der Waals surface area contributed by atoms with E-state index in [9.17, 15) is 4.79 Å². The molecule has 0 spiro atoms. The van der Waals surface area contributed by atoms with Crippen LogP contribution in [0.1, 0.15) is 48.2 Å². The van der Waals surface area contributed by atoms with Crippen LogP contribution in [-0.4, -0.2) is 27.7 Å². The fourth-order valence-electron chi connectivity index (χ4n) is 2.32. The second-order valence-corrected chi connectivity index (χ2v) is 4.71. The van der Waals surface area contributed by atoms with Gasteiger partial charge in [-0.25, -0.2) is 14.8 Å². The van der Waals surface area contributed by atoms with Crippen molar-refractivity contribution in [2.24, 2.45) is 5.92 Å². The second-order valence-electron chi connectivity index (χ2n) is 4.71. The molecule has 0 aliphatic heterocycles. The average molecular weight is 250 g/mol. The summed E-state index contributed by atoms with van der Waals surface area (Å²) in [5.74, 6) is -0.388. The van der Waals surface area contributed by atoms with Crippen LogP contribution in [0.3, 0.4) is 0 Å². The fourth-order valence-corrected chi connectivity index (χ4v) is 2.32. The highest BCUT2D eigenvalue weighted by Crippen LogP contribution is 2.23. The van der Waals surface area contributed by atoms with Gasteiger partial charge in [-0.15, -0.1) is 0 Å². The van der Waals surface area contributed by atoms with Gasteiger partial charge in [0.15, 0.2) is 0 Å². The van der Waals surface area contributed by atoms with E-state index in [2.05, 4.69) is 9.97 Å². The van der Waals surface area contributed by atoms with E-state index in [1.165, 1.54) is 44.6 Å². The minimum absolute atomic E-state index is 0.126. The van der Waals surface area contributed by atoms with Crippen LogP contribution in [-0.2, 0) is 11.3 Å². The fraction of sp³-hybridized carbons (Fsp3) is 0.615. The third-order valence-electron chi connectivity index (χ3n) is 3.34. The molecule has 0 aromatic carbocycles. The van der Waals surface area contributed by atoms with Gasteiger partial charge in [-0.05, 0) is 18.8 Å². The molecule has 0 unspecified atom stereocenters. The quantitative estimate of drug-likeness (QED) is 0.867. The van der Waals surface area contributed by atoms with Gasteiger partial charge in [-0.1, -0.05) is 19.3 Å². The number of hydrogen-bond donors (Lipinski definition) is 1. The Hall–Kier alpha value is -1.49. The lowest BCUT2D eigenvalue weighted by Gasteiger charge is -2.21. The van der Waals surface area contributed by atoms with Crippen LogP contribution >= 0.6 is 0 Å². The van der Waals surface area contributed by atoms with E-state index in [0.29, 0.717) is 18.2 Å². The van der Waals surface area contributed by atoms with Gasteiger partial charge in [0, 0.05) is 12.8 Å². The molecule has 2 rings (SSSR count). The highest BCUT2D eigenvalue weighted by molar-refractivity contribution is 5.88. The number of aromatic carboxylic acids is 1. The molecule has 1 heterocycles. The Morgan fingerprint density at radius 2 is 2.17 bits per heavy atom. The number of carboxylic acids is 1. The lowest BCUT2D eigenvalue weighted by Crippen LogP contribution is -2.14. The summed E-state index contributed by atoms with van der Waals surface area (Å²) in [6.45, 7) is 0.948. The van der Waals surface area contributed by atoms with Gasteiger partial charge in [-0.2, -0.15) is 0 Å². The molecule has 1 aliphatic carbocycles.